The standard InChI is InChI=1S/C28H28N2O4/c1-5-34-22-16-14-21(15-17-22)30-27(31)25(23-8-6-7-9-24(23)33-4)26(28(30)32)29-20-12-10-19(11-13-20)18(2)3/h6-18,29H,5H2,1-4H3. The van der Waals surface area contributed by atoms with E-state index in [0.717, 1.165) is 5.69 Å². The van der Waals surface area contributed by atoms with Gasteiger partial charge in [0.05, 0.1) is 25.0 Å². The van der Waals surface area contributed by atoms with Crippen molar-refractivity contribution in [3.05, 3.63) is 89.6 Å². The zero-order valence-electron chi connectivity index (χ0n) is 19.8. The highest BCUT2D eigenvalue weighted by molar-refractivity contribution is 6.46. The first-order valence-electron chi connectivity index (χ1n) is 11.3. The maximum absolute atomic E-state index is 13.7. The van der Waals surface area contributed by atoms with Crippen LogP contribution in [0.5, 0.6) is 11.5 Å². The van der Waals surface area contributed by atoms with E-state index in [0.29, 0.717) is 35.3 Å². The molecule has 0 aromatic heterocycles. The molecule has 1 aliphatic rings. The molecule has 6 nitrogen and oxygen atoms in total. The van der Waals surface area contributed by atoms with Crippen LogP contribution in [0.25, 0.3) is 5.57 Å². The number of nitrogens with one attached hydrogen (secondary N) is 1. The molecular formula is C28H28N2O4. The Morgan fingerprint density at radius 3 is 2.18 bits per heavy atom. The summed E-state index contributed by atoms with van der Waals surface area (Å²) >= 11 is 0. The number of carbonyl (C=O) groups is 2. The summed E-state index contributed by atoms with van der Waals surface area (Å²) in [5.74, 6) is 0.735. The molecule has 0 saturated heterocycles. The van der Waals surface area contributed by atoms with Crippen molar-refractivity contribution < 1.29 is 19.1 Å². The maximum atomic E-state index is 13.7. The van der Waals surface area contributed by atoms with Gasteiger partial charge in [-0.2, -0.15) is 0 Å². The normalized spacial score (nSPS) is 13.6. The van der Waals surface area contributed by atoms with Gasteiger partial charge in [0.1, 0.15) is 17.2 Å². The van der Waals surface area contributed by atoms with E-state index in [9.17, 15) is 9.59 Å². The molecule has 0 aliphatic carbocycles. The van der Waals surface area contributed by atoms with E-state index in [4.69, 9.17) is 9.47 Å². The second kappa shape index (κ2) is 9.83. The second-order valence-electron chi connectivity index (χ2n) is 8.22. The quantitative estimate of drug-likeness (QED) is 0.446. The van der Waals surface area contributed by atoms with Crippen molar-refractivity contribution in [1.29, 1.82) is 0 Å². The second-order valence-corrected chi connectivity index (χ2v) is 8.22. The fourth-order valence-corrected chi connectivity index (χ4v) is 3.94. The van der Waals surface area contributed by atoms with Gasteiger partial charge in [0.15, 0.2) is 0 Å². The van der Waals surface area contributed by atoms with E-state index in [1.807, 2.05) is 43.3 Å². The van der Waals surface area contributed by atoms with Crippen LogP contribution in [0.3, 0.4) is 0 Å². The summed E-state index contributed by atoms with van der Waals surface area (Å²) in [6, 6.07) is 22.0. The molecule has 3 aromatic rings. The summed E-state index contributed by atoms with van der Waals surface area (Å²) in [4.78, 5) is 28.4. The van der Waals surface area contributed by atoms with Crippen molar-refractivity contribution >= 4 is 28.8 Å². The molecule has 174 valence electrons. The summed E-state index contributed by atoms with van der Waals surface area (Å²) < 4.78 is 11.0. The molecule has 3 aromatic carbocycles. The van der Waals surface area contributed by atoms with Gasteiger partial charge in [0.25, 0.3) is 11.8 Å². The van der Waals surface area contributed by atoms with Crippen molar-refractivity contribution in [3.63, 3.8) is 0 Å². The van der Waals surface area contributed by atoms with Crippen molar-refractivity contribution in [3.8, 4) is 11.5 Å². The summed E-state index contributed by atoms with van der Waals surface area (Å²) in [5.41, 5.74) is 3.41. The van der Waals surface area contributed by atoms with E-state index < -0.39 is 11.8 Å². The van der Waals surface area contributed by atoms with Gasteiger partial charge in [-0.1, -0.05) is 44.2 Å². The Hall–Kier alpha value is -4.06. The minimum Gasteiger partial charge on any atom is -0.496 e. The van der Waals surface area contributed by atoms with Gasteiger partial charge < -0.3 is 14.8 Å². The number of carbonyl (C=O) groups excluding carboxylic acids is 2. The lowest BCUT2D eigenvalue weighted by molar-refractivity contribution is -0.120. The number of ether oxygens (including phenoxy) is 2. The van der Waals surface area contributed by atoms with Crippen LogP contribution < -0.4 is 19.7 Å². The minimum atomic E-state index is -0.428. The van der Waals surface area contributed by atoms with Crippen LogP contribution in [0.4, 0.5) is 11.4 Å². The minimum absolute atomic E-state index is 0.209. The molecule has 0 bridgehead atoms. The van der Waals surface area contributed by atoms with E-state index in [2.05, 4.69) is 19.2 Å². The van der Waals surface area contributed by atoms with Crippen molar-refractivity contribution in [1.82, 2.24) is 0 Å². The largest absolute Gasteiger partial charge is 0.496 e. The first-order valence-corrected chi connectivity index (χ1v) is 11.3. The monoisotopic (exact) mass is 456 g/mol. The highest BCUT2D eigenvalue weighted by Crippen LogP contribution is 2.37. The Morgan fingerprint density at radius 1 is 0.882 bits per heavy atom. The third-order valence-electron chi connectivity index (χ3n) is 5.71. The summed E-state index contributed by atoms with van der Waals surface area (Å²) in [5, 5.41) is 3.21. The summed E-state index contributed by atoms with van der Waals surface area (Å²) in [6.45, 7) is 6.68. The topological polar surface area (TPSA) is 67.9 Å². The number of hydrogen-bond donors (Lipinski definition) is 1. The Bertz CT molecular complexity index is 1230. The fraction of sp³-hybridized carbons (Fsp3) is 0.214. The van der Waals surface area contributed by atoms with Gasteiger partial charge in [0.2, 0.25) is 0 Å². The first kappa shape index (κ1) is 23.1. The van der Waals surface area contributed by atoms with Crippen LogP contribution >= 0.6 is 0 Å². The lowest BCUT2D eigenvalue weighted by atomic mass is 10.0. The van der Waals surface area contributed by atoms with Crippen LogP contribution in [0.15, 0.2) is 78.5 Å². The van der Waals surface area contributed by atoms with Crippen LogP contribution in [-0.2, 0) is 9.59 Å². The Labute approximate surface area is 199 Å². The molecule has 34 heavy (non-hydrogen) atoms. The maximum Gasteiger partial charge on any atom is 0.282 e. The number of rotatable bonds is 8. The number of anilines is 2. The molecule has 0 atom stereocenters. The lowest BCUT2D eigenvalue weighted by Crippen LogP contribution is -2.32. The SMILES string of the molecule is CCOc1ccc(N2C(=O)C(Nc3ccc(C(C)C)cc3)=C(c3ccccc3OC)C2=O)cc1. The molecule has 2 amide bonds. The summed E-state index contributed by atoms with van der Waals surface area (Å²) in [7, 11) is 1.54. The molecule has 1 heterocycles. The van der Waals surface area contributed by atoms with Crippen LogP contribution in [0.2, 0.25) is 0 Å². The van der Waals surface area contributed by atoms with E-state index >= 15 is 0 Å². The van der Waals surface area contributed by atoms with Crippen LogP contribution in [-0.4, -0.2) is 25.5 Å². The van der Waals surface area contributed by atoms with Gasteiger partial charge in [-0.05, 0) is 60.9 Å². The van der Waals surface area contributed by atoms with Gasteiger partial charge in [-0.25, -0.2) is 4.90 Å². The number of hydrogen-bond acceptors (Lipinski definition) is 5. The van der Waals surface area contributed by atoms with Crippen LogP contribution in [0.1, 0.15) is 37.8 Å². The zero-order chi connectivity index (χ0) is 24.2. The van der Waals surface area contributed by atoms with E-state index in [-0.39, 0.29) is 11.3 Å². The number of nitrogens with zero attached hydrogens (tertiary/aromatic N) is 1. The highest BCUT2D eigenvalue weighted by atomic mass is 16.5. The Morgan fingerprint density at radius 2 is 1.56 bits per heavy atom. The number of methoxy groups -OCH3 is 1. The molecule has 0 unspecified atom stereocenters. The average Bonchev–Trinajstić information content (AvgIpc) is 3.09. The third kappa shape index (κ3) is 4.39. The number of amides is 2. The van der Waals surface area contributed by atoms with Gasteiger partial charge in [0, 0.05) is 11.3 Å². The van der Waals surface area contributed by atoms with Crippen molar-refractivity contribution in [2.75, 3.05) is 23.9 Å². The molecule has 4 rings (SSSR count). The van der Waals surface area contributed by atoms with Gasteiger partial charge in [-0.3, -0.25) is 9.59 Å². The molecule has 0 fully saturated rings. The predicted octanol–water partition coefficient (Wildman–Crippen LogP) is 5.61. The lowest BCUT2D eigenvalue weighted by Gasteiger charge is -2.16. The van der Waals surface area contributed by atoms with Crippen LogP contribution in [0, 0.1) is 0 Å². The van der Waals surface area contributed by atoms with Gasteiger partial charge in [-0.15, -0.1) is 0 Å². The smallest absolute Gasteiger partial charge is 0.282 e. The van der Waals surface area contributed by atoms with E-state index in [1.165, 1.54) is 10.5 Å². The molecule has 0 radical (unpaired) electrons. The number of imide groups is 1. The Balaban J connectivity index is 1.77. The molecule has 1 N–H and O–H groups in total. The third-order valence-corrected chi connectivity index (χ3v) is 5.71. The molecule has 1 aliphatic heterocycles. The fourth-order valence-electron chi connectivity index (χ4n) is 3.94. The van der Waals surface area contributed by atoms with E-state index in [1.54, 1.807) is 43.5 Å². The zero-order valence-corrected chi connectivity index (χ0v) is 19.8. The van der Waals surface area contributed by atoms with Crippen molar-refractivity contribution in [2.45, 2.75) is 26.7 Å². The molecular weight excluding hydrogens is 428 g/mol. The molecule has 6 heteroatoms. The number of para-hydroxylation sites is 1. The summed E-state index contributed by atoms with van der Waals surface area (Å²) in [6.07, 6.45) is 0. The van der Waals surface area contributed by atoms with Crippen molar-refractivity contribution in [2.24, 2.45) is 0 Å². The number of benzene rings is 3. The highest BCUT2D eigenvalue weighted by Gasteiger charge is 2.41. The average molecular weight is 457 g/mol. The predicted molar refractivity (Wildman–Crippen MR) is 134 cm³/mol. The van der Waals surface area contributed by atoms with Gasteiger partial charge >= 0.3 is 0 Å². The molecule has 0 spiro atoms. The Kier molecular flexibility index (Phi) is 6.68. The molecule has 0 saturated carbocycles. The first-order chi connectivity index (χ1) is 16.4.